The zero-order chi connectivity index (χ0) is 20.1. The van der Waals surface area contributed by atoms with E-state index in [4.69, 9.17) is 4.74 Å². The van der Waals surface area contributed by atoms with E-state index >= 15 is 0 Å². The van der Waals surface area contributed by atoms with Crippen LogP contribution in [0.2, 0.25) is 0 Å². The molecule has 0 bridgehead atoms. The molecular formula is C17H17BrN4O5S. The minimum absolute atomic E-state index is 0.0919. The van der Waals surface area contributed by atoms with E-state index in [1.54, 1.807) is 0 Å². The van der Waals surface area contributed by atoms with Crippen molar-refractivity contribution in [3.63, 3.8) is 0 Å². The number of hydrogen-bond acceptors (Lipinski definition) is 7. The minimum atomic E-state index is -3.83. The highest BCUT2D eigenvalue weighted by Gasteiger charge is 2.28. The summed E-state index contributed by atoms with van der Waals surface area (Å²) < 4.78 is 32.6. The molecule has 148 valence electrons. The Labute approximate surface area is 170 Å². The maximum absolute atomic E-state index is 12.7. The lowest BCUT2D eigenvalue weighted by atomic mass is 10.2. The Balaban J connectivity index is 1.85. The quantitative estimate of drug-likeness (QED) is 0.396. The van der Waals surface area contributed by atoms with E-state index < -0.39 is 14.9 Å². The van der Waals surface area contributed by atoms with Crippen molar-refractivity contribution in [2.75, 3.05) is 31.7 Å². The summed E-state index contributed by atoms with van der Waals surface area (Å²) in [5, 5.41) is 15.5. The van der Waals surface area contributed by atoms with Crippen molar-refractivity contribution in [2.24, 2.45) is 5.10 Å². The largest absolute Gasteiger partial charge is 0.379 e. The lowest BCUT2D eigenvalue weighted by Gasteiger charge is -2.26. The van der Waals surface area contributed by atoms with Crippen LogP contribution in [0, 0.1) is 10.1 Å². The van der Waals surface area contributed by atoms with Crippen LogP contribution in [0.5, 0.6) is 0 Å². The van der Waals surface area contributed by atoms with Crippen molar-refractivity contribution < 1.29 is 18.1 Å². The Kier molecular flexibility index (Phi) is 6.39. The van der Waals surface area contributed by atoms with E-state index in [2.05, 4.69) is 26.5 Å². The molecule has 0 aromatic heterocycles. The van der Waals surface area contributed by atoms with Gasteiger partial charge in [-0.25, -0.2) is 8.42 Å². The Hall–Kier alpha value is -2.34. The van der Waals surface area contributed by atoms with E-state index in [0.29, 0.717) is 13.2 Å². The smallest absolute Gasteiger partial charge is 0.295 e. The van der Waals surface area contributed by atoms with Crippen LogP contribution in [0.3, 0.4) is 0 Å². The Bertz CT molecular complexity index is 1010. The fraction of sp³-hybridized carbons (Fsp3) is 0.235. The SMILES string of the molecule is O=[N+]([O-])c1cc(S(=O)(=O)N2CCOCC2)ccc1NN=Cc1ccccc1Br. The normalized spacial score (nSPS) is 15.6. The maximum atomic E-state index is 12.7. The van der Waals surface area contributed by atoms with Gasteiger partial charge >= 0.3 is 0 Å². The number of nitro groups is 1. The van der Waals surface area contributed by atoms with Gasteiger partial charge in [-0.1, -0.05) is 34.1 Å². The first-order valence-electron chi connectivity index (χ1n) is 8.29. The van der Waals surface area contributed by atoms with Crippen molar-refractivity contribution in [2.45, 2.75) is 4.90 Å². The molecule has 0 spiro atoms. The molecule has 2 aromatic carbocycles. The number of ether oxygens (including phenoxy) is 1. The highest BCUT2D eigenvalue weighted by Crippen LogP contribution is 2.29. The third kappa shape index (κ3) is 4.55. The molecule has 3 rings (SSSR count). The number of sulfonamides is 1. The Morgan fingerprint density at radius 2 is 1.93 bits per heavy atom. The van der Waals surface area contributed by atoms with Gasteiger partial charge in [0.05, 0.1) is 29.2 Å². The summed E-state index contributed by atoms with van der Waals surface area (Å²) in [5.41, 5.74) is 3.10. The van der Waals surface area contributed by atoms with Gasteiger partial charge < -0.3 is 4.74 Å². The van der Waals surface area contributed by atoms with Gasteiger partial charge in [0.25, 0.3) is 5.69 Å². The first kappa shape index (κ1) is 20.4. The highest BCUT2D eigenvalue weighted by atomic mass is 79.9. The molecule has 0 radical (unpaired) electrons. The zero-order valence-electron chi connectivity index (χ0n) is 14.6. The Morgan fingerprint density at radius 1 is 1.21 bits per heavy atom. The first-order valence-corrected chi connectivity index (χ1v) is 10.5. The number of nitrogens with one attached hydrogen (secondary N) is 1. The number of hydrogen-bond donors (Lipinski definition) is 1. The van der Waals surface area contributed by atoms with Crippen LogP contribution >= 0.6 is 15.9 Å². The molecule has 1 N–H and O–H groups in total. The third-order valence-electron chi connectivity index (χ3n) is 4.07. The van der Waals surface area contributed by atoms with Crippen molar-refractivity contribution in [3.8, 4) is 0 Å². The number of nitrogens with zero attached hydrogens (tertiary/aromatic N) is 3. The van der Waals surface area contributed by atoms with Crippen LogP contribution in [0.4, 0.5) is 11.4 Å². The van der Waals surface area contributed by atoms with Gasteiger partial charge in [0.1, 0.15) is 5.69 Å². The fourth-order valence-electron chi connectivity index (χ4n) is 2.60. The monoisotopic (exact) mass is 468 g/mol. The molecule has 2 aromatic rings. The second kappa shape index (κ2) is 8.78. The molecule has 0 amide bonds. The molecule has 0 unspecified atom stereocenters. The van der Waals surface area contributed by atoms with Gasteiger partial charge in [-0.05, 0) is 18.2 Å². The van der Waals surface area contributed by atoms with Crippen molar-refractivity contribution in [1.82, 2.24) is 4.31 Å². The summed E-state index contributed by atoms with van der Waals surface area (Å²) in [6.07, 6.45) is 1.51. The van der Waals surface area contributed by atoms with Crippen LogP contribution in [-0.4, -0.2) is 50.2 Å². The maximum Gasteiger partial charge on any atom is 0.295 e. The predicted molar refractivity (Wildman–Crippen MR) is 108 cm³/mol. The molecule has 1 saturated heterocycles. The van der Waals surface area contributed by atoms with Crippen LogP contribution in [0.15, 0.2) is 56.9 Å². The van der Waals surface area contributed by atoms with Crippen molar-refractivity contribution in [3.05, 3.63) is 62.6 Å². The van der Waals surface area contributed by atoms with Crippen molar-refractivity contribution in [1.29, 1.82) is 0 Å². The average molecular weight is 469 g/mol. The summed E-state index contributed by atoms with van der Waals surface area (Å²) in [6.45, 7) is 1.02. The van der Waals surface area contributed by atoms with Crippen LogP contribution < -0.4 is 5.43 Å². The molecule has 0 saturated carbocycles. The summed E-state index contributed by atoms with van der Waals surface area (Å²) in [4.78, 5) is 10.7. The molecule has 0 atom stereocenters. The molecule has 1 aliphatic heterocycles. The van der Waals surface area contributed by atoms with Crippen molar-refractivity contribution >= 4 is 43.5 Å². The minimum Gasteiger partial charge on any atom is -0.379 e. The standard InChI is InChI=1S/C17H17BrN4O5S/c18-15-4-2-1-3-13(15)12-19-20-16-6-5-14(11-17(16)22(23)24)28(25,26)21-7-9-27-10-8-21/h1-6,11-12,20H,7-10H2. The number of nitro benzene ring substituents is 1. The van der Waals surface area contributed by atoms with E-state index in [1.165, 1.54) is 22.7 Å². The van der Waals surface area contributed by atoms with Gasteiger partial charge in [-0.3, -0.25) is 15.5 Å². The summed E-state index contributed by atoms with van der Waals surface area (Å²) >= 11 is 3.38. The molecule has 1 aliphatic rings. The number of morpholine rings is 1. The molecule has 11 heteroatoms. The third-order valence-corrected chi connectivity index (χ3v) is 6.68. The van der Waals surface area contributed by atoms with Gasteiger partial charge in [-0.15, -0.1) is 0 Å². The van der Waals surface area contributed by atoms with Crippen LogP contribution in [-0.2, 0) is 14.8 Å². The number of halogens is 1. The second-order valence-corrected chi connectivity index (χ2v) is 8.64. The molecule has 9 nitrogen and oxygen atoms in total. The predicted octanol–water partition coefficient (Wildman–Crippen LogP) is 2.82. The van der Waals surface area contributed by atoms with Crippen LogP contribution in [0.1, 0.15) is 5.56 Å². The first-order chi connectivity index (χ1) is 13.4. The zero-order valence-corrected chi connectivity index (χ0v) is 17.0. The van der Waals surface area contributed by atoms with E-state index in [-0.39, 0.29) is 29.4 Å². The fourth-order valence-corrected chi connectivity index (χ4v) is 4.42. The van der Waals surface area contributed by atoms with Gasteiger partial charge in [0, 0.05) is 29.2 Å². The topological polar surface area (TPSA) is 114 Å². The average Bonchev–Trinajstić information content (AvgIpc) is 2.70. The summed E-state index contributed by atoms with van der Waals surface area (Å²) in [5.74, 6) is 0. The number of benzene rings is 2. The van der Waals surface area contributed by atoms with Crippen LogP contribution in [0.25, 0.3) is 0 Å². The lowest BCUT2D eigenvalue weighted by Crippen LogP contribution is -2.40. The molecule has 1 fully saturated rings. The number of anilines is 1. The molecule has 28 heavy (non-hydrogen) atoms. The summed E-state index contributed by atoms with van der Waals surface area (Å²) in [6, 6.07) is 11.1. The molecular weight excluding hydrogens is 452 g/mol. The second-order valence-electron chi connectivity index (χ2n) is 5.84. The number of hydrazone groups is 1. The van der Waals surface area contributed by atoms with Gasteiger partial charge in [-0.2, -0.15) is 9.41 Å². The van der Waals surface area contributed by atoms with Gasteiger partial charge in [0.2, 0.25) is 10.0 Å². The Morgan fingerprint density at radius 3 is 2.61 bits per heavy atom. The summed E-state index contributed by atoms with van der Waals surface area (Å²) in [7, 11) is -3.83. The van der Waals surface area contributed by atoms with E-state index in [0.717, 1.165) is 16.1 Å². The molecule has 1 heterocycles. The molecule has 0 aliphatic carbocycles. The lowest BCUT2D eigenvalue weighted by molar-refractivity contribution is -0.384. The van der Waals surface area contributed by atoms with Gasteiger partial charge in [0.15, 0.2) is 0 Å². The number of rotatable bonds is 6. The van der Waals surface area contributed by atoms with E-state index in [9.17, 15) is 18.5 Å². The van der Waals surface area contributed by atoms with E-state index in [1.807, 2.05) is 24.3 Å². The highest BCUT2D eigenvalue weighted by molar-refractivity contribution is 9.10.